The summed E-state index contributed by atoms with van der Waals surface area (Å²) in [6.45, 7) is 2.61. The minimum Gasteiger partial charge on any atom is -0.481 e. The zero-order valence-electron chi connectivity index (χ0n) is 10.3. The van der Waals surface area contributed by atoms with Crippen LogP contribution in [-0.2, 0) is 18.4 Å². The molecule has 0 amide bonds. The molecule has 1 aliphatic heterocycles. The highest BCUT2D eigenvalue weighted by molar-refractivity contribution is 5.85. The van der Waals surface area contributed by atoms with Crippen molar-refractivity contribution >= 4 is 30.8 Å². The number of halogens is 2. The minimum absolute atomic E-state index is 0. The van der Waals surface area contributed by atoms with Gasteiger partial charge in [0.15, 0.2) is 0 Å². The van der Waals surface area contributed by atoms with Crippen molar-refractivity contribution in [1.29, 1.82) is 0 Å². The van der Waals surface area contributed by atoms with Gasteiger partial charge in [0.2, 0.25) is 0 Å². The third-order valence-corrected chi connectivity index (χ3v) is 3.10. The van der Waals surface area contributed by atoms with Crippen LogP contribution in [0.5, 0.6) is 0 Å². The first kappa shape index (κ1) is 17.2. The fraction of sp³-hybridized carbons (Fsp3) is 0.636. The largest absolute Gasteiger partial charge is 0.481 e. The number of rotatable bonds is 3. The lowest BCUT2D eigenvalue weighted by atomic mass is 9.97. The molecule has 0 radical (unpaired) electrons. The average molecular weight is 296 g/mol. The summed E-state index contributed by atoms with van der Waals surface area (Å²) >= 11 is 0. The zero-order valence-corrected chi connectivity index (χ0v) is 11.9. The highest BCUT2D eigenvalue weighted by Gasteiger charge is 2.24. The van der Waals surface area contributed by atoms with Crippen LogP contribution in [0.4, 0.5) is 0 Å². The second kappa shape index (κ2) is 7.61. The maximum atomic E-state index is 10.8. The Bertz CT molecular complexity index is 376. The van der Waals surface area contributed by atoms with Crippen LogP contribution in [-0.4, -0.2) is 38.8 Å². The second-order valence-corrected chi connectivity index (χ2v) is 4.41. The van der Waals surface area contributed by atoms with Crippen LogP contribution in [0.3, 0.4) is 0 Å². The van der Waals surface area contributed by atoms with Gasteiger partial charge in [0.05, 0.1) is 12.1 Å². The number of nitrogens with zero attached hydrogens (tertiary/aromatic N) is 3. The van der Waals surface area contributed by atoms with E-state index >= 15 is 0 Å². The van der Waals surface area contributed by atoms with Gasteiger partial charge in [0, 0.05) is 25.4 Å². The van der Waals surface area contributed by atoms with Crippen molar-refractivity contribution in [3.8, 4) is 0 Å². The number of piperidine rings is 1. The lowest BCUT2D eigenvalue weighted by molar-refractivity contribution is -0.143. The first-order valence-corrected chi connectivity index (χ1v) is 5.58. The molecular weight excluding hydrogens is 277 g/mol. The van der Waals surface area contributed by atoms with E-state index in [1.165, 1.54) is 5.56 Å². The monoisotopic (exact) mass is 295 g/mol. The van der Waals surface area contributed by atoms with E-state index in [1.54, 1.807) is 4.68 Å². The Morgan fingerprint density at radius 1 is 1.44 bits per heavy atom. The summed E-state index contributed by atoms with van der Waals surface area (Å²) < 4.78 is 1.79. The zero-order chi connectivity index (χ0) is 11.5. The van der Waals surface area contributed by atoms with Crippen LogP contribution < -0.4 is 0 Å². The Morgan fingerprint density at radius 3 is 2.50 bits per heavy atom. The number of aliphatic carboxylic acids is 1. The first-order chi connectivity index (χ1) is 7.65. The summed E-state index contributed by atoms with van der Waals surface area (Å²) in [5.41, 5.74) is 1.19. The van der Waals surface area contributed by atoms with Crippen molar-refractivity contribution in [1.82, 2.24) is 14.7 Å². The molecule has 5 nitrogen and oxygen atoms in total. The molecule has 0 aromatic carbocycles. The maximum absolute atomic E-state index is 10.8. The molecule has 18 heavy (non-hydrogen) atoms. The van der Waals surface area contributed by atoms with Gasteiger partial charge in [-0.05, 0) is 25.9 Å². The number of hydrogen-bond donors (Lipinski definition) is 1. The molecule has 0 unspecified atom stereocenters. The molecule has 104 valence electrons. The Labute approximate surface area is 119 Å². The fourth-order valence-corrected chi connectivity index (χ4v) is 2.15. The Balaban J connectivity index is 0.00000144. The van der Waals surface area contributed by atoms with Crippen molar-refractivity contribution in [3.05, 3.63) is 18.0 Å². The van der Waals surface area contributed by atoms with Crippen molar-refractivity contribution in [2.75, 3.05) is 13.1 Å². The molecule has 1 aromatic heterocycles. The van der Waals surface area contributed by atoms with Gasteiger partial charge in [-0.25, -0.2) is 0 Å². The number of carbonyl (C=O) groups is 1. The summed E-state index contributed by atoms with van der Waals surface area (Å²) in [6.07, 6.45) is 5.39. The lowest BCUT2D eigenvalue weighted by Crippen LogP contribution is -2.35. The molecule has 1 aliphatic rings. The van der Waals surface area contributed by atoms with E-state index in [2.05, 4.69) is 10.00 Å². The quantitative estimate of drug-likeness (QED) is 0.919. The second-order valence-electron chi connectivity index (χ2n) is 4.41. The molecule has 0 aliphatic carbocycles. The number of aromatic nitrogens is 2. The molecular formula is C11H19Cl2N3O2. The van der Waals surface area contributed by atoms with Gasteiger partial charge in [0.25, 0.3) is 0 Å². The van der Waals surface area contributed by atoms with Crippen LogP contribution in [0.2, 0.25) is 0 Å². The SMILES string of the molecule is Cl.Cl.Cn1cc(CN2CCC(C(=O)O)CC2)cn1. The third-order valence-electron chi connectivity index (χ3n) is 3.10. The van der Waals surface area contributed by atoms with Gasteiger partial charge in [-0.2, -0.15) is 5.10 Å². The highest BCUT2D eigenvalue weighted by Crippen LogP contribution is 2.18. The number of carboxylic acids is 1. The Morgan fingerprint density at radius 2 is 2.06 bits per heavy atom. The average Bonchev–Trinajstić information content (AvgIpc) is 2.65. The smallest absolute Gasteiger partial charge is 0.306 e. The summed E-state index contributed by atoms with van der Waals surface area (Å²) in [7, 11) is 1.90. The van der Waals surface area contributed by atoms with Crippen molar-refractivity contribution in [3.63, 3.8) is 0 Å². The minimum atomic E-state index is -0.652. The maximum Gasteiger partial charge on any atom is 0.306 e. The van der Waals surface area contributed by atoms with Gasteiger partial charge in [-0.1, -0.05) is 0 Å². The summed E-state index contributed by atoms with van der Waals surface area (Å²) in [5, 5.41) is 13.0. The van der Waals surface area contributed by atoms with Crippen molar-refractivity contribution in [2.45, 2.75) is 19.4 Å². The topological polar surface area (TPSA) is 58.4 Å². The molecule has 1 fully saturated rings. The van der Waals surface area contributed by atoms with Crippen molar-refractivity contribution < 1.29 is 9.90 Å². The van der Waals surface area contributed by atoms with E-state index in [9.17, 15) is 4.79 Å². The van der Waals surface area contributed by atoms with Crippen molar-refractivity contribution in [2.24, 2.45) is 13.0 Å². The summed E-state index contributed by atoms with van der Waals surface area (Å²) in [6, 6.07) is 0. The predicted octanol–water partition coefficient (Wildman–Crippen LogP) is 1.56. The molecule has 0 spiro atoms. The molecule has 0 bridgehead atoms. The molecule has 1 aromatic rings. The van der Waals surface area contributed by atoms with Crippen LogP contribution >= 0.6 is 24.8 Å². The summed E-state index contributed by atoms with van der Waals surface area (Å²) in [4.78, 5) is 13.1. The van der Waals surface area contributed by atoms with Gasteiger partial charge >= 0.3 is 5.97 Å². The van der Waals surface area contributed by atoms with Gasteiger partial charge in [-0.3, -0.25) is 14.4 Å². The normalized spacial score (nSPS) is 16.7. The molecule has 7 heteroatoms. The highest BCUT2D eigenvalue weighted by atomic mass is 35.5. The van der Waals surface area contributed by atoms with Crippen LogP contribution in [0.25, 0.3) is 0 Å². The third kappa shape index (κ3) is 4.48. The van der Waals surface area contributed by atoms with Crippen LogP contribution in [0.1, 0.15) is 18.4 Å². The predicted molar refractivity (Wildman–Crippen MR) is 73.3 cm³/mol. The molecule has 1 N–H and O–H groups in total. The first-order valence-electron chi connectivity index (χ1n) is 5.58. The van der Waals surface area contributed by atoms with Gasteiger partial charge in [0.1, 0.15) is 0 Å². The van der Waals surface area contributed by atoms with E-state index in [1.807, 2.05) is 19.4 Å². The Kier molecular flexibility index (Phi) is 7.28. The number of hydrogen-bond acceptors (Lipinski definition) is 3. The Hall–Kier alpha value is -0.780. The fourth-order valence-electron chi connectivity index (χ4n) is 2.15. The molecule has 1 saturated heterocycles. The van der Waals surface area contributed by atoms with E-state index in [0.29, 0.717) is 0 Å². The summed E-state index contributed by atoms with van der Waals surface area (Å²) in [5.74, 6) is -0.800. The van der Waals surface area contributed by atoms with E-state index < -0.39 is 5.97 Å². The number of aryl methyl sites for hydroxylation is 1. The van der Waals surface area contributed by atoms with E-state index in [-0.39, 0.29) is 30.7 Å². The van der Waals surface area contributed by atoms with Crippen LogP contribution in [0.15, 0.2) is 12.4 Å². The molecule has 2 rings (SSSR count). The van der Waals surface area contributed by atoms with Gasteiger partial charge < -0.3 is 5.11 Å². The molecule has 2 heterocycles. The molecule has 0 atom stereocenters. The standard InChI is InChI=1S/C11H17N3O2.2ClH/c1-13-7-9(6-12-13)8-14-4-2-10(3-5-14)11(15)16;;/h6-7,10H,2-5,8H2,1H3,(H,15,16);2*1H. The van der Waals surface area contributed by atoms with E-state index in [4.69, 9.17) is 5.11 Å². The van der Waals surface area contributed by atoms with Gasteiger partial charge in [-0.15, -0.1) is 24.8 Å². The van der Waals surface area contributed by atoms with E-state index in [0.717, 1.165) is 32.5 Å². The molecule has 0 saturated carbocycles. The number of likely N-dealkylation sites (tertiary alicyclic amines) is 1. The lowest BCUT2D eigenvalue weighted by Gasteiger charge is -2.29. The van der Waals surface area contributed by atoms with Crippen LogP contribution in [0, 0.1) is 5.92 Å². The number of carboxylic acid groups (broad SMARTS) is 1.